The van der Waals surface area contributed by atoms with Crippen LogP contribution in [0.2, 0.25) is 0 Å². The van der Waals surface area contributed by atoms with Crippen LogP contribution in [0.5, 0.6) is 11.5 Å². The molecule has 0 fully saturated rings. The minimum Gasteiger partial charge on any atom is -0.456 e. The van der Waals surface area contributed by atoms with Gasteiger partial charge in [-0.05, 0) is 24.3 Å². The van der Waals surface area contributed by atoms with Crippen LogP contribution in [0.15, 0.2) is 42.5 Å². The molecule has 0 bridgehead atoms. The van der Waals surface area contributed by atoms with Crippen LogP contribution < -0.4 is 15.4 Å². The Labute approximate surface area is 122 Å². The second-order valence-electron chi connectivity index (χ2n) is 4.47. The van der Waals surface area contributed by atoms with E-state index in [1.54, 1.807) is 18.2 Å². The molecule has 0 radical (unpaired) electrons. The Kier molecular flexibility index (Phi) is 4.20. The number of ether oxygens (including phenoxy) is 1. The van der Waals surface area contributed by atoms with Gasteiger partial charge in [0.05, 0.1) is 5.56 Å². The number of nitrogens with zero attached hydrogens (tertiary/aromatic N) is 1. The second-order valence-corrected chi connectivity index (χ2v) is 4.91. The number of halogens is 1. The third-order valence-corrected chi connectivity index (χ3v) is 2.99. The molecule has 0 aliphatic carbocycles. The van der Waals surface area contributed by atoms with E-state index >= 15 is 0 Å². The fourth-order valence-electron chi connectivity index (χ4n) is 1.78. The highest BCUT2D eigenvalue weighted by molar-refractivity contribution is 7.80. The van der Waals surface area contributed by atoms with Crippen molar-refractivity contribution < 1.29 is 9.13 Å². The normalized spacial score (nSPS) is 10.2. The molecule has 2 aromatic rings. The van der Waals surface area contributed by atoms with Crippen LogP contribution in [0, 0.1) is 5.82 Å². The molecule has 2 rings (SSSR count). The van der Waals surface area contributed by atoms with E-state index in [9.17, 15) is 4.39 Å². The summed E-state index contributed by atoms with van der Waals surface area (Å²) >= 11 is 4.87. The van der Waals surface area contributed by atoms with E-state index in [0.29, 0.717) is 11.5 Å². The predicted molar refractivity (Wildman–Crippen MR) is 83.1 cm³/mol. The highest BCUT2D eigenvalue weighted by atomic mass is 32.1. The van der Waals surface area contributed by atoms with E-state index in [1.165, 1.54) is 6.07 Å². The van der Waals surface area contributed by atoms with Crippen LogP contribution in [0.25, 0.3) is 0 Å². The van der Waals surface area contributed by atoms with Gasteiger partial charge in [-0.25, -0.2) is 4.39 Å². The van der Waals surface area contributed by atoms with Gasteiger partial charge in [0.1, 0.15) is 22.3 Å². The van der Waals surface area contributed by atoms with Gasteiger partial charge in [-0.15, -0.1) is 0 Å². The number of anilines is 1. The standard InChI is InChI=1S/C15H15FN2OS/c1-18(2)10-5-3-6-11(9-10)19-13-8-4-7-12(16)14(13)15(17)20/h3-9H,1-2H3,(H2,17,20). The zero-order chi connectivity index (χ0) is 14.7. The number of rotatable bonds is 4. The molecule has 0 atom stereocenters. The number of thiocarbonyl (C=S) groups is 1. The third-order valence-electron chi connectivity index (χ3n) is 2.78. The molecule has 0 spiro atoms. The van der Waals surface area contributed by atoms with Gasteiger partial charge in [-0.3, -0.25) is 0 Å². The number of hydrogen-bond acceptors (Lipinski definition) is 3. The van der Waals surface area contributed by atoms with E-state index in [4.69, 9.17) is 22.7 Å². The van der Waals surface area contributed by atoms with Gasteiger partial charge in [0.15, 0.2) is 0 Å². The molecule has 2 aromatic carbocycles. The highest BCUT2D eigenvalue weighted by Gasteiger charge is 2.13. The van der Waals surface area contributed by atoms with Crippen molar-refractivity contribution in [3.8, 4) is 11.5 Å². The molecular weight excluding hydrogens is 275 g/mol. The van der Waals surface area contributed by atoms with Crippen LogP contribution in [-0.2, 0) is 0 Å². The number of hydrogen-bond donors (Lipinski definition) is 1. The summed E-state index contributed by atoms with van der Waals surface area (Å²) in [6, 6.07) is 12.0. The molecular formula is C15H15FN2OS. The van der Waals surface area contributed by atoms with Crippen molar-refractivity contribution in [2.24, 2.45) is 5.73 Å². The summed E-state index contributed by atoms with van der Waals surface area (Å²) < 4.78 is 19.5. The lowest BCUT2D eigenvalue weighted by molar-refractivity contribution is 0.475. The summed E-state index contributed by atoms with van der Waals surface area (Å²) in [6.07, 6.45) is 0. The maximum atomic E-state index is 13.8. The van der Waals surface area contributed by atoms with Crippen molar-refractivity contribution in [3.05, 3.63) is 53.8 Å². The topological polar surface area (TPSA) is 38.5 Å². The molecule has 2 N–H and O–H groups in total. The SMILES string of the molecule is CN(C)c1cccc(Oc2cccc(F)c2C(N)=S)c1. The Balaban J connectivity index is 2.38. The molecule has 0 aliphatic heterocycles. The first-order valence-corrected chi connectivity index (χ1v) is 6.43. The van der Waals surface area contributed by atoms with E-state index in [0.717, 1.165) is 5.69 Å². The average molecular weight is 290 g/mol. The quantitative estimate of drug-likeness (QED) is 0.877. The summed E-state index contributed by atoms with van der Waals surface area (Å²) in [5, 5.41) is 0. The van der Waals surface area contributed by atoms with E-state index < -0.39 is 5.82 Å². The largest absolute Gasteiger partial charge is 0.456 e. The Morgan fingerprint density at radius 3 is 2.55 bits per heavy atom. The van der Waals surface area contributed by atoms with Crippen molar-refractivity contribution in [2.45, 2.75) is 0 Å². The zero-order valence-electron chi connectivity index (χ0n) is 11.3. The van der Waals surface area contributed by atoms with Gasteiger partial charge in [-0.2, -0.15) is 0 Å². The predicted octanol–water partition coefficient (Wildman–Crippen LogP) is 3.32. The number of benzene rings is 2. The lowest BCUT2D eigenvalue weighted by Gasteiger charge is -2.15. The summed E-state index contributed by atoms with van der Waals surface area (Å²) in [5.74, 6) is 0.423. The fraction of sp³-hybridized carbons (Fsp3) is 0.133. The van der Waals surface area contributed by atoms with Gasteiger partial charge >= 0.3 is 0 Å². The Morgan fingerprint density at radius 1 is 1.20 bits per heavy atom. The molecule has 0 aliphatic rings. The molecule has 0 aromatic heterocycles. The number of nitrogens with two attached hydrogens (primary N) is 1. The molecule has 3 nitrogen and oxygen atoms in total. The van der Waals surface area contributed by atoms with Crippen LogP contribution in [-0.4, -0.2) is 19.1 Å². The lowest BCUT2D eigenvalue weighted by atomic mass is 10.2. The molecule has 20 heavy (non-hydrogen) atoms. The minimum atomic E-state index is -0.487. The summed E-state index contributed by atoms with van der Waals surface area (Å²) in [7, 11) is 3.86. The van der Waals surface area contributed by atoms with E-state index in [1.807, 2.05) is 37.2 Å². The Bertz CT molecular complexity index is 644. The average Bonchev–Trinajstić information content (AvgIpc) is 2.38. The van der Waals surface area contributed by atoms with Crippen molar-refractivity contribution in [2.75, 3.05) is 19.0 Å². The van der Waals surface area contributed by atoms with Gasteiger partial charge in [-0.1, -0.05) is 24.4 Å². The monoisotopic (exact) mass is 290 g/mol. The molecule has 0 amide bonds. The van der Waals surface area contributed by atoms with Gasteiger partial charge in [0.25, 0.3) is 0 Å². The smallest absolute Gasteiger partial charge is 0.140 e. The maximum Gasteiger partial charge on any atom is 0.140 e. The second kappa shape index (κ2) is 5.88. The van der Waals surface area contributed by atoms with Crippen molar-refractivity contribution in [1.82, 2.24) is 0 Å². The minimum absolute atomic E-state index is 0.0261. The fourth-order valence-corrected chi connectivity index (χ4v) is 1.98. The first kappa shape index (κ1) is 14.3. The zero-order valence-corrected chi connectivity index (χ0v) is 12.1. The summed E-state index contributed by atoms with van der Waals surface area (Å²) in [5.41, 5.74) is 6.66. The molecule has 0 heterocycles. The van der Waals surface area contributed by atoms with Crippen molar-refractivity contribution >= 4 is 22.9 Å². The molecule has 5 heteroatoms. The van der Waals surface area contributed by atoms with Gasteiger partial charge in [0.2, 0.25) is 0 Å². The molecule has 0 saturated heterocycles. The van der Waals surface area contributed by atoms with Crippen molar-refractivity contribution in [1.29, 1.82) is 0 Å². The summed E-state index contributed by atoms with van der Waals surface area (Å²) in [6.45, 7) is 0. The van der Waals surface area contributed by atoms with Crippen molar-refractivity contribution in [3.63, 3.8) is 0 Å². The third kappa shape index (κ3) is 3.05. The summed E-state index contributed by atoms with van der Waals surface area (Å²) in [4.78, 5) is 1.93. The highest BCUT2D eigenvalue weighted by Crippen LogP contribution is 2.29. The van der Waals surface area contributed by atoms with Gasteiger partial charge < -0.3 is 15.4 Å². The first-order chi connectivity index (χ1) is 9.49. The van der Waals surface area contributed by atoms with Gasteiger partial charge in [0, 0.05) is 25.8 Å². The molecule has 104 valence electrons. The maximum absolute atomic E-state index is 13.8. The lowest BCUT2D eigenvalue weighted by Crippen LogP contribution is -2.13. The Hall–Kier alpha value is -2.14. The van der Waals surface area contributed by atoms with E-state index in [-0.39, 0.29) is 10.6 Å². The molecule has 0 saturated carbocycles. The van der Waals surface area contributed by atoms with Crippen LogP contribution in [0.4, 0.5) is 10.1 Å². The van der Waals surface area contributed by atoms with Crippen LogP contribution in [0.3, 0.4) is 0 Å². The van der Waals surface area contributed by atoms with Crippen LogP contribution in [0.1, 0.15) is 5.56 Å². The van der Waals surface area contributed by atoms with Crippen LogP contribution >= 0.6 is 12.2 Å². The first-order valence-electron chi connectivity index (χ1n) is 6.02. The van der Waals surface area contributed by atoms with E-state index in [2.05, 4.69) is 0 Å². The molecule has 0 unspecified atom stereocenters. The Morgan fingerprint density at radius 2 is 1.90 bits per heavy atom.